The Morgan fingerprint density at radius 2 is 2.07 bits per heavy atom. The van der Waals surface area contributed by atoms with Gasteiger partial charge in [-0.2, -0.15) is 5.10 Å². The van der Waals surface area contributed by atoms with E-state index in [2.05, 4.69) is 15.3 Å². The molecule has 4 nitrogen and oxygen atoms in total. The molecule has 15 heavy (non-hydrogen) atoms. The maximum atomic E-state index is 13.3. The van der Waals surface area contributed by atoms with Crippen LogP contribution in [0.15, 0.2) is 36.0 Å². The molecule has 1 aromatic carbocycles. The second-order valence-electron chi connectivity index (χ2n) is 2.72. The number of nitrogens with zero attached hydrogens (tertiary/aromatic N) is 4. The van der Waals surface area contributed by atoms with E-state index >= 15 is 0 Å². The number of hydrogen-bond acceptors (Lipinski definition) is 3. The van der Waals surface area contributed by atoms with Gasteiger partial charge in [-0.25, -0.2) is 9.07 Å². The average Bonchev–Trinajstić information content (AvgIpc) is 2.70. The maximum Gasteiger partial charge on any atom is 0.141 e. The molecule has 0 aliphatic carbocycles. The van der Waals surface area contributed by atoms with Crippen molar-refractivity contribution in [1.82, 2.24) is 14.9 Å². The topological polar surface area (TPSA) is 43.1 Å². The van der Waals surface area contributed by atoms with E-state index in [0.29, 0.717) is 5.02 Å². The van der Waals surface area contributed by atoms with Crippen molar-refractivity contribution in [2.24, 2.45) is 5.10 Å². The summed E-state index contributed by atoms with van der Waals surface area (Å²) in [7, 11) is 0. The summed E-state index contributed by atoms with van der Waals surface area (Å²) in [5.74, 6) is -0.417. The third-order valence-corrected chi connectivity index (χ3v) is 2.06. The van der Waals surface area contributed by atoms with E-state index in [1.807, 2.05) is 0 Å². The van der Waals surface area contributed by atoms with Gasteiger partial charge in [-0.15, -0.1) is 10.2 Å². The third kappa shape index (κ3) is 2.19. The number of hydrogen-bond donors (Lipinski definition) is 0. The predicted octanol–water partition coefficient (Wildman–Crippen LogP) is 1.95. The lowest BCUT2D eigenvalue weighted by Gasteiger charge is -1.98. The number of halogens is 2. The largest absolute Gasteiger partial charge is 0.208 e. The van der Waals surface area contributed by atoms with Gasteiger partial charge in [0.25, 0.3) is 0 Å². The van der Waals surface area contributed by atoms with E-state index in [1.54, 1.807) is 6.07 Å². The molecule has 0 saturated carbocycles. The van der Waals surface area contributed by atoms with Crippen LogP contribution in [0.4, 0.5) is 4.39 Å². The first-order valence-corrected chi connectivity index (χ1v) is 4.48. The average molecular weight is 225 g/mol. The van der Waals surface area contributed by atoms with E-state index in [4.69, 9.17) is 11.6 Å². The van der Waals surface area contributed by atoms with Crippen molar-refractivity contribution < 1.29 is 4.39 Å². The summed E-state index contributed by atoms with van der Waals surface area (Å²) in [5, 5.41) is 11.3. The summed E-state index contributed by atoms with van der Waals surface area (Å²) in [6.07, 6.45) is 4.11. The highest BCUT2D eigenvalue weighted by atomic mass is 35.5. The Labute approximate surface area is 90.0 Å². The molecule has 0 bridgehead atoms. The quantitative estimate of drug-likeness (QED) is 0.732. The SMILES string of the molecule is Fc1cccc(Cl)c1/C=N/n1cnnc1. The molecule has 0 fully saturated rings. The zero-order valence-corrected chi connectivity index (χ0v) is 8.26. The molecule has 2 aromatic rings. The lowest BCUT2D eigenvalue weighted by molar-refractivity contribution is 0.625. The molecule has 0 N–H and O–H groups in total. The Bertz CT molecular complexity index is 461. The van der Waals surface area contributed by atoms with Gasteiger partial charge < -0.3 is 0 Å². The van der Waals surface area contributed by atoms with Crippen LogP contribution in [0.2, 0.25) is 5.02 Å². The van der Waals surface area contributed by atoms with Crippen molar-refractivity contribution in [3.05, 3.63) is 47.3 Å². The Morgan fingerprint density at radius 1 is 1.33 bits per heavy atom. The molecule has 2 rings (SSSR count). The number of aromatic nitrogens is 3. The number of benzene rings is 1. The monoisotopic (exact) mass is 224 g/mol. The summed E-state index contributed by atoms with van der Waals surface area (Å²) in [5.41, 5.74) is 0.243. The normalized spacial score (nSPS) is 11.1. The molecule has 6 heteroatoms. The van der Waals surface area contributed by atoms with Gasteiger partial charge in [-0.05, 0) is 12.1 Å². The summed E-state index contributed by atoms with van der Waals surface area (Å²) < 4.78 is 14.6. The fraction of sp³-hybridized carbons (Fsp3) is 0. The Balaban J connectivity index is 2.32. The molecule has 1 aromatic heterocycles. The maximum absolute atomic E-state index is 13.3. The molecule has 0 aliphatic heterocycles. The van der Waals surface area contributed by atoms with Gasteiger partial charge in [0, 0.05) is 5.56 Å². The first-order chi connectivity index (χ1) is 7.27. The molecule has 0 aliphatic rings. The fourth-order valence-electron chi connectivity index (χ4n) is 1.01. The van der Waals surface area contributed by atoms with Crippen LogP contribution in [-0.4, -0.2) is 21.1 Å². The minimum atomic E-state index is -0.417. The summed E-state index contributed by atoms with van der Waals surface area (Å²) in [6, 6.07) is 4.45. The molecule has 0 amide bonds. The van der Waals surface area contributed by atoms with Gasteiger partial charge in [0.05, 0.1) is 11.2 Å². The zero-order valence-electron chi connectivity index (χ0n) is 7.51. The molecule has 76 valence electrons. The van der Waals surface area contributed by atoms with Crippen molar-refractivity contribution >= 4 is 17.8 Å². The Hall–Kier alpha value is -1.75. The van der Waals surface area contributed by atoms with Gasteiger partial charge in [0.2, 0.25) is 0 Å². The molecule has 0 unspecified atom stereocenters. The van der Waals surface area contributed by atoms with E-state index in [0.717, 1.165) is 0 Å². The fourth-order valence-corrected chi connectivity index (χ4v) is 1.23. The minimum absolute atomic E-state index is 0.243. The van der Waals surface area contributed by atoms with Gasteiger partial charge in [-0.3, -0.25) is 0 Å². The van der Waals surface area contributed by atoms with Gasteiger partial charge in [0.1, 0.15) is 18.5 Å². The summed E-state index contributed by atoms with van der Waals surface area (Å²) in [6.45, 7) is 0. The highest BCUT2D eigenvalue weighted by molar-refractivity contribution is 6.33. The van der Waals surface area contributed by atoms with Crippen LogP contribution in [0.5, 0.6) is 0 Å². The van der Waals surface area contributed by atoms with Crippen molar-refractivity contribution in [3.63, 3.8) is 0 Å². The molecule has 0 radical (unpaired) electrons. The first kappa shape index (κ1) is 9.79. The second kappa shape index (κ2) is 4.18. The van der Waals surface area contributed by atoms with E-state index in [-0.39, 0.29) is 5.56 Å². The predicted molar refractivity (Wildman–Crippen MR) is 54.4 cm³/mol. The lowest BCUT2D eigenvalue weighted by Crippen LogP contribution is -1.92. The van der Waals surface area contributed by atoms with Crippen LogP contribution in [-0.2, 0) is 0 Å². The van der Waals surface area contributed by atoms with Gasteiger partial charge in [0.15, 0.2) is 0 Å². The molecule has 0 atom stereocenters. The van der Waals surface area contributed by atoms with Crippen LogP contribution < -0.4 is 0 Å². The smallest absolute Gasteiger partial charge is 0.141 e. The van der Waals surface area contributed by atoms with Crippen molar-refractivity contribution in [1.29, 1.82) is 0 Å². The van der Waals surface area contributed by atoms with Crippen LogP contribution in [0.1, 0.15) is 5.56 Å². The van der Waals surface area contributed by atoms with E-state index in [9.17, 15) is 4.39 Å². The minimum Gasteiger partial charge on any atom is -0.208 e. The molecule has 0 saturated heterocycles. The summed E-state index contributed by atoms with van der Waals surface area (Å²) >= 11 is 5.80. The van der Waals surface area contributed by atoms with Crippen molar-refractivity contribution in [2.75, 3.05) is 0 Å². The lowest BCUT2D eigenvalue weighted by atomic mass is 10.2. The van der Waals surface area contributed by atoms with Crippen molar-refractivity contribution in [2.45, 2.75) is 0 Å². The second-order valence-corrected chi connectivity index (χ2v) is 3.13. The molecule has 0 spiro atoms. The third-order valence-electron chi connectivity index (χ3n) is 1.73. The number of rotatable bonds is 2. The standard InChI is InChI=1S/C9H6ClFN4/c10-8-2-1-3-9(11)7(8)4-14-15-5-12-13-6-15/h1-6H/b14-4+. The van der Waals surface area contributed by atoms with Crippen molar-refractivity contribution in [3.8, 4) is 0 Å². The van der Waals surface area contributed by atoms with Gasteiger partial charge >= 0.3 is 0 Å². The first-order valence-electron chi connectivity index (χ1n) is 4.10. The Kier molecular flexibility index (Phi) is 2.73. The molecular formula is C9H6ClFN4. The molecular weight excluding hydrogens is 219 g/mol. The van der Waals surface area contributed by atoms with E-state index < -0.39 is 5.82 Å². The van der Waals surface area contributed by atoms with Crippen LogP contribution >= 0.6 is 11.6 Å². The van der Waals surface area contributed by atoms with Gasteiger partial charge in [-0.1, -0.05) is 17.7 Å². The van der Waals surface area contributed by atoms with Crippen LogP contribution in [0.25, 0.3) is 0 Å². The van der Waals surface area contributed by atoms with Crippen LogP contribution in [0.3, 0.4) is 0 Å². The highest BCUT2D eigenvalue weighted by Gasteiger charge is 2.03. The van der Waals surface area contributed by atoms with Crippen LogP contribution in [0, 0.1) is 5.82 Å². The summed E-state index contributed by atoms with van der Waals surface area (Å²) in [4.78, 5) is 0. The zero-order chi connectivity index (χ0) is 10.7. The van der Waals surface area contributed by atoms with E-state index in [1.165, 1.54) is 35.7 Å². The highest BCUT2D eigenvalue weighted by Crippen LogP contribution is 2.16. The molecule has 1 heterocycles. The Morgan fingerprint density at radius 3 is 2.73 bits per heavy atom.